The molecule has 8 nitrogen and oxygen atoms in total. The second kappa shape index (κ2) is 11.3. The molecule has 9 heteroatoms. The zero-order valence-corrected chi connectivity index (χ0v) is 20.0. The summed E-state index contributed by atoms with van der Waals surface area (Å²) in [6, 6.07) is 9.06. The van der Waals surface area contributed by atoms with E-state index in [9.17, 15) is 0 Å². The lowest BCUT2D eigenvalue weighted by atomic mass is 10.2. The molecule has 1 aliphatic heterocycles. The summed E-state index contributed by atoms with van der Waals surface area (Å²) in [4.78, 5) is 7.12. The van der Waals surface area contributed by atoms with Gasteiger partial charge in [-0.3, -0.25) is 0 Å². The topological polar surface area (TPSA) is 79.6 Å². The van der Waals surface area contributed by atoms with Crippen LogP contribution in [0.4, 0.5) is 5.69 Å². The van der Waals surface area contributed by atoms with E-state index >= 15 is 0 Å². The van der Waals surface area contributed by atoms with Crippen molar-refractivity contribution >= 4 is 35.6 Å². The number of halogens is 1. The van der Waals surface area contributed by atoms with Gasteiger partial charge in [0.15, 0.2) is 11.8 Å². The van der Waals surface area contributed by atoms with Crippen molar-refractivity contribution in [2.75, 3.05) is 38.3 Å². The third kappa shape index (κ3) is 6.56. The van der Waals surface area contributed by atoms with E-state index in [4.69, 9.17) is 9.73 Å². The Kier molecular flexibility index (Phi) is 9.15. The number of guanidine groups is 1. The van der Waals surface area contributed by atoms with Crippen LogP contribution in [0.15, 0.2) is 29.3 Å². The normalized spacial score (nSPS) is 16.6. The smallest absolute Gasteiger partial charge is 0.192 e. The highest BCUT2D eigenvalue weighted by Crippen LogP contribution is 2.20. The van der Waals surface area contributed by atoms with Crippen LogP contribution in [0.1, 0.15) is 23.6 Å². The molecule has 0 bridgehead atoms. The first-order chi connectivity index (χ1) is 13.6. The maximum absolute atomic E-state index is 5.15. The Morgan fingerprint density at radius 1 is 1.24 bits per heavy atom. The van der Waals surface area contributed by atoms with Crippen LogP contribution in [0.5, 0.6) is 0 Å². The van der Waals surface area contributed by atoms with Crippen molar-refractivity contribution in [2.45, 2.75) is 32.9 Å². The molecule has 0 amide bonds. The van der Waals surface area contributed by atoms with Gasteiger partial charge in [-0.25, -0.2) is 4.99 Å². The number of aliphatic imine (C=N–C) groups is 1. The molecule has 0 spiro atoms. The van der Waals surface area contributed by atoms with E-state index in [0.717, 1.165) is 37.1 Å². The lowest BCUT2D eigenvalue weighted by Crippen LogP contribution is -2.45. The van der Waals surface area contributed by atoms with Crippen molar-refractivity contribution in [1.29, 1.82) is 0 Å². The van der Waals surface area contributed by atoms with Crippen molar-refractivity contribution in [3.63, 3.8) is 0 Å². The van der Waals surface area contributed by atoms with Gasteiger partial charge in [0.1, 0.15) is 12.4 Å². The molecule has 1 fully saturated rings. The number of hydrogen-bond acceptors (Lipinski definition) is 5. The molecule has 1 atom stereocenters. The number of benzene rings is 1. The second-order valence-electron chi connectivity index (χ2n) is 7.22. The Morgan fingerprint density at radius 3 is 2.66 bits per heavy atom. The number of anilines is 1. The zero-order chi connectivity index (χ0) is 19.9. The molecule has 1 saturated heterocycles. The maximum atomic E-state index is 5.15. The number of nitrogens with one attached hydrogen (secondary N) is 2. The Balaban J connectivity index is 0.00000300. The molecular weight excluding hydrogens is 481 g/mol. The van der Waals surface area contributed by atoms with Crippen LogP contribution in [0.25, 0.3) is 0 Å². The van der Waals surface area contributed by atoms with Crippen LogP contribution in [0.3, 0.4) is 0 Å². The summed E-state index contributed by atoms with van der Waals surface area (Å²) in [5.41, 5.74) is 2.56. The summed E-state index contributed by atoms with van der Waals surface area (Å²) >= 11 is 0. The molecule has 1 unspecified atom stereocenters. The first-order valence-electron chi connectivity index (χ1n) is 9.77. The van der Waals surface area contributed by atoms with E-state index in [1.807, 2.05) is 18.5 Å². The first kappa shape index (κ1) is 23.4. The molecular formula is C20H32IN7O. The van der Waals surface area contributed by atoms with E-state index in [0.29, 0.717) is 25.7 Å². The van der Waals surface area contributed by atoms with Crippen LogP contribution in [0.2, 0.25) is 0 Å². The maximum Gasteiger partial charge on any atom is 0.192 e. The molecule has 1 aromatic heterocycles. The highest BCUT2D eigenvalue weighted by molar-refractivity contribution is 14.0. The molecule has 1 aromatic carbocycles. The molecule has 1 aliphatic rings. The van der Waals surface area contributed by atoms with E-state index in [-0.39, 0.29) is 24.0 Å². The van der Waals surface area contributed by atoms with Crippen LogP contribution in [0, 0.1) is 13.8 Å². The number of methoxy groups -OCH3 is 1. The minimum absolute atomic E-state index is 0. The van der Waals surface area contributed by atoms with Crippen molar-refractivity contribution in [1.82, 2.24) is 25.4 Å². The van der Waals surface area contributed by atoms with Crippen LogP contribution < -0.4 is 15.5 Å². The summed E-state index contributed by atoms with van der Waals surface area (Å²) in [6.45, 7) is 7.86. The van der Waals surface area contributed by atoms with Gasteiger partial charge in [0.25, 0.3) is 0 Å². The molecule has 0 aliphatic carbocycles. The lowest BCUT2D eigenvalue weighted by molar-refractivity contribution is 0.203. The third-order valence-corrected chi connectivity index (χ3v) is 5.09. The first-order valence-corrected chi connectivity index (χ1v) is 9.77. The van der Waals surface area contributed by atoms with Crippen molar-refractivity contribution in [3.05, 3.63) is 41.5 Å². The number of nitrogens with zero attached hydrogens (tertiary/aromatic N) is 5. The average molecular weight is 513 g/mol. The highest BCUT2D eigenvalue weighted by Gasteiger charge is 2.23. The van der Waals surface area contributed by atoms with Crippen molar-refractivity contribution < 1.29 is 4.74 Å². The van der Waals surface area contributed by atoms with Gasteiger partial charge >= 0.3 is 0 Å². The van der Waals surface area contributed by atoms with E-state index in [2.05, 4.69) is 56.9 Å². The van der Waals surface area contributed by atoms with Gasteiger partial charge in [-0.15, -0.1) is 34.2 Å². The van der Waals surface area contributed by atoms with Gasteiger partial charge in [0.05, 0.1) is 6.61 Å². The molecule has 2 aromatic rings. The fourth-order valence-electron chi connectivity index (χ4n) is 3.22. The Labute approximate surface area is 190 Å². The Morgan fingerprint density at radius 2 is 2.00 bits per heavy atom. The minimum Gasteiger partial charge on any atom is -0.383 e. The fraction of sp³-hybridized carbons (Fsp3) is 0.550. The monoisotopic (exact) mass is 513 g/mol. The molecule has 2 heterocycles. The Bertz CT molecular complexity index is 791. The van der Waals surface area contributed by atoms with Crippen LogP contribution in [-0.2, 0) is 18.3 Å². The van der Waals surface area contributed by atoms with Gasteiger partial charge < -0.3 is 24.8 Å². The largest absolute Gasteiger partial charge is 0.383 e. The summed E-state index contributed by atoms with van der Waals surface area (Å²) in [6.07, 6.45) is 1.07. The average Bonchev–Trinajstić information content (AvgIpc) is 3.28. The van der Waals surface area contributed by atoms with E-state index in [1.165, 1.54) is 11.3 Å². The van der Waals surface area contributed by atoms with Gasteiger partial charge in [-0.05, 0) is 32.4 Å². The van der Waals surface area contributed by atoms with Crippen LogP contribution >= 0.6 is 24.0 Å². The standard InChI is InChI=1S/C20H31N7O.HI/c1-15-5-7-18(8-6-15)27-11-9-17(14-27)23-20(21-10-12-28-4)22-13-19-25-24-16(2)26(19)3;/h5-8,17H,9-14H2,1-4H3,(H2,21,22,23);1H. The quantitative estimate of drug-likeness (QED) is 0.255. The predicted octanol–water partition coefficient (Wildman–Crippen LogP) is 2.01. The lowest BCUT2D eigenvalue weighted by Gasteiger charge is -2.20. The summed E-state index contributed by atoms with van der Waals surface area (Å²) in [7, 11) is 3.66. The van der Waals surface area contributed by atoms with Crippen molar-refractivity contribution in [2.24, 2.45) is 12.0 Å². The zero-order valence-electron chi connectivity index (χ0n) is 17.7. The predicted molar refractivity (Wildman–Crippen MR) is 127 cm³/mol. The van der Waals surface area contributed by atoms with Gasteiger partial charge in [0, 0.05) is 45.5 Å². The molecule has 0 radical (unpaired) electrons. The number of aromatic nitrogens is 3. The molecule has 0 saturated carbocycles. The van der Waals surface area contributed by atoms with Gasteiger partial charge in [0.2, 0.25) is 0 Å². The number of aryl methyl sites for hydroxylation is 2. The van der Waals surface area contributed by atoms with E-state index in [1.54, 1.807) is 7.11 Å². The third-order valence-electron chi connectivity index (χ3n) is 5.09. The van der Waals surface area contributed by atoms with E-state index < -0.39 is 0 Å². The Hall–Kier alpha value is -1.88. The van der Waals surface area contributed by atoms with Gasteiger partial charge in [-0.2, -0.15) is 0 Å². The summed E-state index contributed by atoms with van der Waals surface area (Å²) in [5.74, 6) is 2.52. The molecule has 29 heavy (non-hydrogen) atoms. The highest BCUT2D eigenvalue weighted by atomic mass is 127. The minimum atomic E-state index is 0. The van der Waals surface area contributed by atoms with Crippen molar-refractivity contribution in [3.8, 4) is 0 Å². The number of rotatable bonds is 7. The summed E-state index contributed by atoms with van der Waals surface area (Å²) in [5, 5.41) is 15.2. The summed E-state index contributed by atoms with van der Waals surface area (Å²) < 4.78 is 7.12. The fourth-order valence-corrected chi connectivity index (χ4v) is 3.22. The molecule has 2 N–H and O–H groups in total. The van der Waals surface area contributed by atoms with Gasteiger partial charge in [-0.1, -0.05) is 17.7 Å². The van der Waals surface area contributed by atoms with Crippen LogP contribution in [-0.4, -0.2) is 60.1 Å². The SMILES string of the molecule is COCCNC(=NCc1nnc(C)n1C)NC1CCN(c2ccc(C)cc2)C1.I. The number of hydrogen-bond donors (Lipinski definition) is 2. The second-order valence-corrected chi connectivity index (χ2v) is 7.22. The number of ether oxygens (including phenoxy) is 1. The molecule has 160 valence electrons. The molecule has 3 rings (SSSR count).